The van der Waals surface area contributed by atoms with E-state index in [1.54, 1.807) is 0 Å². The Kier molecular flexibility index (Phi) is 7.40. The molecule has 0 aliphatic rings. The number of hydrogen-bond acceptors (Lipinski definition) is 2. The minimum absolute atomic E-state index is 0.00699. The van der Waals surface area contributed by atoms with Gasteiger partial charge in [-0.2, -0.15) is 11.8 Å². The Labute approximate surface area is 85.2 Å². The van der Waals surface area contributed by atoms with Crippen LogP contribution in [0, 0.1) is 0 Å². The van der Waals surface area contributed by atoms with Crippen molar-refractivity contribution in [2.75, 3.05) is 24.0 Å². The molecular formula is C9H19ClOS. The van der Waals surface area contributed by atoms with E-state index in [4.69, 9.17) is 16.3 Å². The van der Waals surface area contributed by atoms with Crippen molar-refractivity contribution >= 4 is 23.4 Å². The van der Waals surface area contributed by atoms with Gasteiger partial charge in [0.2, 0.25) is 0 Å². The summed E-state index contributed by atoms with van der Waals surface area (Å²) in [6.45, 7) is 7.08. The van der Waals surface area contributed by atoms with Crippen LogP contribution in [0.5, 0.6) is 0 Å². The molecule has 1 nitrogen and oxygen atoms in total. The van der Waals surface area contributed by atoms with E-state index in [0.717, 1.165) is 30.4 Å². The molecule has 0 aromatic carbocycles. The summed E-state index contributed by atoms with van der Waals surface area (Å²) in [6, 6.07) is 0. The molecule has 12 heavy (non-hydrogen) atoms. The number of halogens is 1. The van der Waals surface area contributed by atoms with E-state index in [1.807, 2.05) is 11.8 Å². The largest absolute Gasteiger partial charge is 0.375 e. The fraction of sp³-hybridized carbons (Fsp3) is 1.00. The average Bonchev–Trinajstić information content (AvgIpc) is 1.94. The Morgan fingerprint density at radius 1 is 1.25 bits per heavy atom. The zero-order valence-corrected chi connectivity index (χ0v) is 9.80. The van der Waals surface area contributed by atoms with Gasteiger partial charge in [-0.05, 0) is 32.9 Å². The maximum absolute atomic E-state index is 5.56. The molecule has 0 bridgehead atoms. The van der Waals surface area contributed by atoms with Crippen molar-refractivity contribution in [1.29, 1.82) is 0 Å². The van der Waals surface area contributed by atoms with E-state index in [9.17, 15) is 0 Å². The third kappa shape index (κ3) is 10.6. The van der Waals surface area contributed by atoms with Crippen LogP contribution in [0.2, 0.25) is 0 Å². The molecule has 0 unspecified atom stereocenters. The Morgan fingerprint density at radius 2 is 1.92 bits per heavy atom. The van der Waals surface area contributed by atoms with Crippen LogP contribution in [0.25, 0.3) is 0 Å². The molecule has 0 aromatic rings. The molecule has 3 heteroatoms. The van der Waals surface area contributed by atoms with E-state index >= 15 is 0 Å². The second-order valence-corrected chi connectivity index (χ2v) is 5.22. The highest BCUT2D eigenvalue weighted by atomic mass is 35.5. The molecule has 0 fully saturated rings. The van der Waals surface area contributed by atoms with Crippen LogP contribution >= 0.6 is 23.4 Å². The number of thioether (sulfide) groups is 1. The van der Waals surface area contributed by atoms with Gasteiger partial charge in [-0.3, -0.25) is 0 Å². The Morgan fingerprint density at radius 3 is 2.42 bits per heavy atom. The Bertz CT molecular complexity index is 101. The molecule has 0 saturated heterocycles. The molecule has 0 heterocycles. The Hall–Kier alpha value is 0.600. The van der Waals surface area contributed by atoms with Crippen molar-refractivity contribution in [2.24, 2.45) is 0 Å². The van der Waals surface area contributed by atoms with Gasteiger partial charge >= 0.3 is 0 Å². The number of alkyl halides is 1. The standard InChI is InChI=1S/C9H19ClOS/c1-9(2,3)11-6-8-12-7-4-5-10/h4-8H2,1-3H3. The molecule has 0 saturated carbocycles. The van der Waals surface area contributed by atoms with Crippen molar-refractivity contribution in [3.63, 3.8) is 0 Å². The summed E-state index contributed by atoms with van der Waals surface area (Å²) in [5.74, 6) is 3.00. The summed E-state index contributed by atoms with van der Waals surface area (Å²) in [5, 5.41) is 0. The first-order valence-electron chi connectivity index (χ1n) is 4.34. The topological polar surface area (TPSA) is 9.23 Å². The van der Waals surface area contributed by atoms with Gasteiger partial charge < -0.3 is 4.74 Å². The Balaban J connectivity index is 3.01. The molecule has 0 aliphatic heterocycles. The van der Waals surface area contributed by atoms with Crippen molar-refractivity contribution < 1.29 is 4.74 Å². The molecule has 0 atom stereocenters. The van der Waals surface area contributed by atoms with E-state index in [0.29, 0.717) is 0 Å². The van der Waals surface area contributed by atoms with Crippen molar-refractivity contribution in [3.8, 4) is 0 Å². The molecule has 0 radical (unpaired) electrons. The predicted octanol–water partition coefficient (Wildman–Crippen LogP) is 3.16. The monoisotopic (exact) mass is 210 g/mol. The first-order chi connectivity index (χ1) is 5.56. The van der Waals surface area contributed by atoms with E-state index in [2.05, 4.69) is 20.8 Å². The fourth-order valence-electron chi connectivity index (χ4n) is 0.665. The summed E-state index contributed by atoms with van der Waals surface area (Å²) in [7, 11) is 0. The van der Waals surface area contributed by atoms with Crippen molar-refractivity contribution in [1.82, 2.24) is 0 Å². The number of hydrogen-bond donors (Lipinski definition) is 0. The van der Waals surface area contributed by atoms with Gasteiger partial charge in [0.25, 0.3) is 0 Å². The van der Waals surface area contributed by atoms with Crippen LogP contribution < -0.4 is 0 Å². The first-order valence-corrected chi connectivity index (χ1v) is 6.03. The summed E-state index contributed by atoms with van der Waals surface area (Å²) < 4.78 is 5.56. The highest BCUT2D eigenvalue weighted by Gasteiger charge is 2.08. The van der Waals surface area contributed by atoms with Gasteiger partial charge in [0.1, 0.15) is 0 Å². The zero-order valence-electron chi connectivity index (χ0n) is 8.23. The lowest BCUT2D eigenvalue weighted by Gasteiger charge is -2.19. The lowest BCUT2D eigenvalue weighted by Crippen LogP contribution is -2.20. The van der Waals surface area contributed by atoms with Crippen molar-refractivity contribution in [3.05, 3.63) is 0 Å². The van der Waals surface area contributed by atoms with Gasteiger partial charge in [-0.15, -0.1) is 11.6 Å². The SMILES string of the molecule is CC(C)(C)OCCSCCCCl. The van der Waals surface area contributed by atoms with Crippen LogP contribution in [-0.4, -0.2) is 29.6 Å². The van der Waals surface area contributed by atoms with E-state index in [-0.39, 0.29) is 5.60 Å². The van der Waals surface area contributed by atoms with Gasteiger partial charge in [0, 0.05) is 11.6 Å². The molecule has 74 valence electrons. The predicted molar refractivity (Wildman–Crippen MR) is 58.4 cm³/mol. The maximum atomic E-state index is 5.56. The summed E-state index contributed by atoms with van der Waals surface area (Å²) in [5.41, 5.74) is 0.00699. The highest BCUT2D eigenvalue weighted by Crippen LogP contribution is 2.09. The minimum atomic E-state index is 0.00699. The second kappa shape index (κ2) is 7.05. The van der Waals surface area contributed by atoms with E-state index < -0.39 is 0 Å². The van der Waals surface area contributed by atoms with Crippen LogP contribution in [0.15, 0.2) is 0 Å². The second-order valence-electron chi connectivity index (χ2n) is 3.62. The summed E-state index contributed by atoms with van der Waals surface area (Å²) in [6.07, 6.45) is 1.10. The van der Waals surface area contributed by atoms with Crippen molar-refractivity contribution in [2.45, 2.75) is 32.8 Å². The van der Waals surface area contributed by atoms with Gasteiger partial charge in [0.05, 0.1) is 12.2 Å². The smallest absolute Gasteiger partial charge is 0.0598 e. The highest BCUT2D eigenvalue weighted by molar-refractivity contribution is 7.99. The molecule has 0 spiro atoms. The van der Waals surface area contributed by atoms with Crippen LogP contribution in [0.4, 0.5) is 0 Å². The average molecular weight is 211 g/mol. The third-order valence-electron chi connectivity index (χ3n) is 1.19. The van der Waals surface area contributed by atoms with Crippen LogP contribution in [-0.2, 0) is 4.74 Å². The third-order valence-corrected chi connectivity index (χ3v) is 2.49. The van der Waals surface area contributed by atoms with Crippen LogP contribution in [0.1, 0.15) is 27.2 Å². The molecule has 0 amide bonds. The lowest BCUT2D eigenvalue weighted by molar-refractivity contribution is 0.00695. The van der Waals surface area contributed by atoms with E-state index in [1.165, 1.54) is 0 Å². The zero-order chi connectivity index (χ0) is 9.45. The molecule has 0 N–H and O–H groups in total. The maximum Gasteiger partial charge on any atom is 0.0598 e. The van der Waals surface area contributed by atoms with Crippen LogP contribution in [0.3, 0.4) is 0 Å². The first kappa shape index (κ1) is 12.6. The fourth-order valence-corrected chi connectivity index (χ4v) is 1.71. The normalized spacial score (nSPS) is 12.0. The number of rotatable bonds is 6. The van der Waals surface area contributed by atoms with Gasteiger partial charge in [0.15, 0.2) is 0 Å². The molecule has 0 aromatic heterocycles. The molecular weight excluding hydrogens is 192 g/mol. The number of ether oxygens (including phenoxy) is 1. The summed E-state index contributed by atoms with van der Waals surface area (Å²) in [4.78, 5) is 0. The quantitative estimate of drug-likeness (QED) is 0.492. The summed E-state index contributed by atoms with van der Waals surface area (Å²) >= 11 is 7.45. The van der Waals surface area contributed by atoms with Gasteiger partial charge in [-0.1, -0.05) is 0 Å². The lowest BCUT2D eigenvalue weighted by atomic mass is 10.2. The molecule has 0 aliphatic carbocycles. The van der Waals surface area contributed by atoms with Gasteiger partial charge in [-0.25, -0.2) is 0 Å². The minimum Gasteiger partial charge on any atom is -0.375 e. The molecule has 0 rings (SSSR count).